The van der Waals surface area contributed by atoms with E-state index in [1.54, 1.807) is 6.92 Å². The molecule has 0 saturated carbocycles. The Bertz CT molecular complexity index is 568. The van der Waals surface area contributed by atoms with E-state index >= 15 is 0 Å². The first-order valence-corrected chi connectivity index (χ1v) is 8.55. The lowest BCUT2D eigenvalue weighted by molar-refractivity contribution is 0.575. The lowest BCUT2D eigenvalue weighted by Gasteiger charge is -2.07. The first-order chi connectivity index (χ1) is 8.31. The topological polar surface area (TPSA) is 81.1 Å². The van der Waals surface area contributed by atoms with Crippen LogP contribution in [0.3, 0.4) is 0 Å². The lowest BCUT2D eigenvalue weighted by atomic mass is 10.4. The van der Waals surface area contributed by atoms with Crippen molar-refractivity contribution in [2.75, 3.05) is 25.1 Å². The van der Waals surface area contributed by atoms with Gasteiger partial charge in [-0.25, -0.2) is 13.4 Å². The molecule has 1 rings (SSSR count). The van der Waals surface area contributed by atoms with Gasteiger partial charge in [0.1, 0.15) is 9.84 Å². The van der Waals surface area contributed by atoms with Gasteiger partial charge < -0.3 is 5.32 Å². The Balaban J connectivity index is 2.46. The maximum Gasteiger partial charge on any atom is 0.267 e. The second kappa shape index (κ2) is 6.62. The summed E-state index contributed by atoms with van der Waals surface area (Å²) in [5.74, 6) is 0.103. The lowest BCUT2D eigenvalue weighted by Crippen LogP contribution is -2.31. The molecular weight excluding hydrogens is 369 g/mol. The Labute approximate surface area is 120 Å². The van der Waals surface area contributed by atoms with Gasteiger partial charge in [-0.3, -0.25) is 9.36 Å². The summed E-state index contributed by atoms with van der Waals surface area (Å²) in [6.45, 7) is 3.20. The fourth-order valence-corrected chi connectivity index (χ4v) is 2.25. The summed E-state index contributed by atoms with van der Waals surface area (Å²) in [7, 11) is -2.93. The molecule has 18 heavy (non-hydrogen) atoms. The van der Waals surface area contributed by atoms with Crippen LogP contribution in [0.4, 0.5) is 0 Å². The largest absolute Gasteiger partial charge is 0.314 e. The van der Waals surface area contributed by atoms with E-state index in [1.807, 2.05) is 22.6 Å². The monoisotopic (exact) mass is 385 g/mol. The molecule has 0 radical (unpaired) electrons. The Morgan fingerprint density at radius 2 is 2.11 bits per heavy atom. The van der Waals surface area contributed by atoms with Crippen LogP contribution < -0.4 is 10.9 Å². The van der Waals surface area contributed by atoms with Crippen LogP contribution in [0.25, 0.3) is 0 Å². The molecule has 0 amide bonds. The molecule has 0 aromatic carbocycles. The summed E-state index contributed by atoms with van der Waals surface area (Å²) in [4.78, 5) is 15.9. The van der Waals surface area contributed by atoms with E-state index in [0.717, 1.165) is 5.69 Å². The second-order valence-corrected chi connectivity index (χ2v) is 7.36. The molecule has 1 aromatic rings. The molecule has 0 spiro atoms. The fraction of sp³-hybridized carbons (Fsp3) is 0.600. The maximum absolute atomic E-state index is 11.8. The molecule has 1 heterocycles. The van der Waals surface area contributed by atoms with Crippen LogP contribution in [0, 0.1) is 10.5 Å². The molecule has 8 heteroatoms. The molecule has 0 saturated heterocycles. The number of nitrogens with one attached hydrogen (secondary N) is 1. The highest BCUT2D eigenvalue weighted by Crippen LogP contribution is 2.00. The third-order valence-electron chi connectivity index (χ3n) is 2.34. The second-order valence-electron chi connectivity index (χ2n) is 4.02. The number of nitrogens with zero attached hydrogens (tertiary/aromatic N) is 2. The van der Waals surface area contributed by atoms with Gasteiger partial charge in [0.05, 0.1) is 21.3 Å². The third kappa shape index (κ3) is 5.02. The van der Waals surface area contributed by atoms with Crippen molar-refractivity contribution >= 4 is 32.4 Å². The highest BCUT2D eigenvalue weighted by molar-refractivity contribution is 14.1. The number of rotatable bonds is 6. The molecule has 0 atom stereocenters. The van der Waals surface area contributed by atoms with E-state index in [0.29, 0.717) is 23.2 Å². The van der Waals surface area contributed by atoms with Crippen molar-refractivity contribution in [1.29, 1.82) is 0 Å². The Morgan fingerprint density at radius 3 is 2.72 bits per heavy atom. The predicted octanol–water partition coefficient (Wildman–Crippen LogP) is -0.209. The van der Waals surface area contributed by atoms with E-state index in [1.165, 1.54) is 17.2 Å². The predicted molar refractivity (Wildman–Crippen MR) is 78.5 cm³/mol. The van der Waals surface area contributed by atoms with Crippen LogP contribution in [0.5, 0.6) is 0 Å². The number of hydrogen-bond donors (Lipinski definition) is 1. The summed E-state index contributed by atoms with van der Waals surface area (Å²) in [6.07, 6.45) is 2.71. The minimum Gasteiger partial charge on any atom is -0.314 e. The normalized spacial score (nSPS) is 11.7. The molecule has 1 N–H and O–H groups in total. The number of sulfone groups is 1. The van der Waals surface area contributed by atoms with Gasteiger partial charge in [0.25, 0.3) is 5.56 Å². The van der Waals surface area contributed by atoms with Crippen LogP contribution in [-0.2, 0) is 16.4 Å². The van der Waals surface area contributed by atoms with E-state index in [2.05, 4.69) is 10.3 Å². The average Bonchev–Trinajstić information content (AvgIpc) is 2.27. The van der Waals surface area contributed by atoms with Gasteiger partial charge in [0, 0.05) is 25.9 Å². The maximum atomic E-state index is 11.8. The molecular formula is C10H16IN3O3S. The van der Waals surface area contributed by atoms with E-state index in [9.17, 15) is 13.2 Å². The first-order valence-electron chi connectivity index (χ1n) is 5.41. The molecule has 1 aromatic heterocycles. The summed E-state index contributed by atoms with van der Waals surface area (Å²) in [6, 6.07) is 0. The minimum atomic E-state index is -2.93. The summed E-state index contributed by atoms with van der Waals surface area (Å²) in [5.41, 5.74) is 0.662. The van der Waals surface area contributed by atoms with Crippen molar-refractivity contribution in [3.8, 4) is 0 Å². The number of aryl methyl sites for hydroxylation is 1. The highest BCUT2D eigenvalue weighted by Gasteiger charge is 2.05. The standard InChI is InChI=1S/C10H16IN3O3S/c1-8-9(11)10(15)14(7-13-8)5-3-12-4-6-18(2,16)17/h7,12H,3-6H2,1-2H3. The van der Waals surface area contributed by atoms with Crippen LogP contribution >= 0.6 is 22.6 Å². The molecule has 0 aliphatic carbocycles. The first kappa shape index (κ1) is 15.6. The minimum absolute atomic E-state index is 0.0620. The van der Waals surface area contributed by atoms with Crippen LogP contribution in [0.2, 0.25) is 0 Å². The van der Waals surface area contributed by atoms with Gasteiger partial charge in [0.15, 0.2) is 0 Å². The third-order valence-corrected chi connectivity index (χ3v) is 4.52. The van der Waals surface area contributed by atoms with Crippen molar-refractivity contribution in [2.45, 2.75) is 13.5 Å². The number of aromatic nitrogens is 2. The summed E-state index contributed by atoms with van der Waals surface area (Å²) in [5, 5.41) is 2.98. The molecule has 0 unspecified atom stereocenters. The fourth-order valence-electron chi connectivity index (χ4n) is 1.29. The molecule has 0 aliphatic rings. The van der Waals surface area contributed by atoms with E-state index in [-0.39, 0.29) is 11.3 Å². The van der Waals surface area contributed by atoms with E-state index in [4.69, 9.17) is 0 Å². The van der Waals surface area contributed by atoms with Crippen molar-refractivity contribution < 1.29 is 8.42 Å². The van der Waals surface area contributed by atoms with Crippen LogP contribution in [0.1, 0.15) is 5.69 Å². The van der Waals surface area contributed by atoms with Gasteiger partial charge in [-0.1, -0.05) is 0 Å². The van der Waals surface area contributed by atoms with Crippen LogP contribution in [-0.4, -0.2) is 43.1 Å². The van der Waals surface area contributed by atoms with Crippen molar-refractivity contribution in [3.63, 3.8) is 0 Å². The van der Waals surface area contributed by atoms with Gasteiger partial charge in [-0.2, -0.15) is 0 Å². The molecule has 0 fully saturated rings. The van der Waals surface area contributed by atoms with Gasteiger partial charge >= 0.3 is 0 Å². The zero-order valence-corrected chi connectivity index (χ0v) is 13.3. The number of hydrogen-bond acceptors (Lipinski definition) is 5. The molecule has 0 aliphatic heterocycles. The van der Waals surface area contributed by atoms with Crippen molar-refractivity contribution in [2.24, 2.45) is 0 Å². The van der Waals surface area contributed by atoms with Crippen molar-refractivity contribution in [1.82, 2.24) is 14.9 Å². The highest BCUT2D eigenvalue weighted by atomic mass is 127. The Kier molecular flexibility index (Phi) is 5.73. The molecule has 102 valence electrons. The number of halogens is 1. The van der Waals surface area contributed by atoms with Gasteiger partial charge in [0.2, 0.25) is 0 Å². The SMILES string of the molecule is Cc1ncn(CCNCCS(C)(=O)=O)c(=O)c1I. The Morgan fingerprint density at radius 1 is 1.44 bits per heavy atom. The zero-order chi connectivity index (χ0) is 13.8. The van der Waals surface area contributed by atoms with Crippen molar-refractivity contribution in [3.05, 3.63) is 25.9 Å². The molecule has 6 nitrogen and oxygen atoms in total. The van der Waals surface area contributed by atoms with E-state index < -0.39 is 9.84 Å². The summed E-state index contributed by atoms with van der Waals surface area (Å²) >= 11 is 1.98. The Hall–Kier alpha value is -0.480. The quantitative estimate of drug-likeness (QED) is 0.542. The average molecular weight is 385 g/mol. The molecule has 0 bridgehead atoms. The zero-order valence-electron chi connectivity index (χ0n) is 10.3. The summed E-state index contributed by atoms with van der Waals surface area (Å²) < 4.78 is 23.9. The smallest absolute Gasteiger partial charge is 0.267 e. The van der Waals surface area contributed by atoms with Gasteiger partial charge in [-0.15, -0.1) is 0 Å². The van der Waals surface area contributed by atoms with Crippen LogP contribution in [0.15, 0.2) is 11.1 Å². The van der Waals surface area contributed by atoms with Gasteiger partial charge in [-0.05, 0) is 29.5 Å².